The molecule has 0 spiro atoms. The van der Waals surface area contributed by atoms with Gasteiger partial charge in [-0.25, -0.2) is 4.39 Å². The van der Waals surface area contributed by atoms with Gasteiger partial charge in [0.25, 0.3) is 5.91 Å². The van der Waals surface area contributed by atoms with Gasteiger partial charge in [-0.2, -0.15) is 0 Å². The van der Waals surface area contributed by atoms with Crippen molar-refractivity contribution < 1.29 is 9.18 Å². The first-order chi connectivity index (χ1) is 7.99. The van der Waals surface area contributed by atoms with Crippen molar-refractivity contribution in [3.63, 3.8) is 0 Å². The number of likely N-dealkylation sites (N-methyl/N-ethyl adjacent to an activating group) is 1. The highest BCUT2D eigenvalue weighted by atomic mass is 79.9. The molecule has 1 aliphatic rings. The van der Waals surface area contributed by atoms with Crippen LogP contribution in [0, 0.1) is 5.82 Å². The topological polar surface area (TPSA) is 20.3 Å². The quantitative estimate of drug-likeness (QED) is 0.581. The Balaban J connectivity index is 2.37. The number of hydrogen-bond donors (Lipinski definition) is 0. The van der Waals surface area contributed by atoms with Crippen LogP contribution < -0.4 is 0 Å². The second kappa shape index (κ2) is 4.88. The van der Waals surface area contributed by atoms with E-state index < -0.39 is 0 Å². The van der Waals surface area contributed by atoms with Crippen LogP contribution in [0.3, 0.4) is 0 Å². The first-order valence-corrected chi connectivity index (χ1v) is 6.67. The number of nitrogens with zero attached hydrogens (tertiary/aromatic N) is 1. The zero-order valence-electron chi connectivity index (χ0n) is 8.74. The normalized spacial score (nSPS) is 18.3. The summed E-state index contributed by atoms with van der Waals surface area (Å²) in [4.78, 5) is 13.5. The second-order valence-corrected chi connectivity index (χ2v) is 6.00. The summed E-state index contributed by atoms with van der Waals surface area (Å²) in [5, 5.41) is 0. The summed E-state index contributed by atoms with van der Waals surface area (Å²) >= 11 is 9.35. The fourth-order valence-corrected chi connectivity index (χ4v) is 2.81. The van der Waals surface area contributed by atoms with E-state index >= 15 is 0 Å². The first-order valence-electron chi connectivity index (χ1n) is 4.65. The summed E-state index contributed by atoms with van der Waals surface area (Å²) < 4.78 is 14.7. The molecule has 0 unspecified atom stereocenters. The molecule has 0 radical (unpaired) electrons. The average Bonchev–Trinajstić information content (AvgIpc) is 2.50. The lowest BCUT2D eigenvalue weighted by atomic mass is 10.2. The van der Waals surface area contributed by atoms with Gasteiger partial charge in [0.05, 0.1) is 4.91 Å². The number of hydrogen-bond acceptors (Lipinski definition) is 3. The van der Waals surface area contributed by atoms with E-state index in [2.05, 4.69) is 15.9 Å². The summed E-state index contributed by atoms with van der Waals surface area (Å²) in [7, 11) is 1.61. The summed E-state index contributed by atoms with van der Waals surface area (Å²) in [5.74, 6) is -0.567. The minimum Gasteiger partial charge on any atom is -0.296 e. The smallest absolute Gasteiger partial charge is 0.265 e. The zero-order valence-corrected chi connectivity index (χ0v) is 12.0. The highest BCUT2D eigenvalue weighted by molar-refractivity contribution is 9.10. The van der Waals surface area contributed by atoms with Crippen LogP contribution in [-0.2, 0) is 4.79 Å². The fraction of sp³-hybridized carbons (Fsp3) is 0.0909. The summed E-state index contributed by atoms with van der Waals surface area (Å²) in [5.41, 5.74) is 0.377. The maximum absolute atomic E-state index is 13.6. The van der Waals surface area contributed by atoms with Crippen molar-refractivity contribution in [1.82, 2.24) is 4.90 Å². The zero-order chi connectivity index (χ0) is 12.6. The van der Waals surface area contributed by atoms with Crippen LogP contribution in [0.15, 0.2) is 27.6 Å². The maximum Gasteiger partial charge on any atom is 0.265 e. The molecule has 1 amide bonds. The standard InChI is InChI=1S/C11H7BrFNOS2/c1-14-10(15)9(17-11(14)16)4-6-2-3-7(12)5-8(6)13/h2-5H,1H3/b9-4+. The Morgan fingerprint density at radius 1 is 1.53 bits per heavy atom. The molecule has 2 nitrogen and oxygen atoms in total. The van der Waals surface area contributed by atoms with E-state index in [1.54, 1.807) is 19.2 Å². The van der Waals surface area contributed by atoms with Crippen molar-refractivity contribution in [1.29, 1.82) is 0 Å². The van der Waals surface area contributed by atoms with Crippen LogP contribution in [0.1, 0.15) is 5.56 Å². The third-order valence-electron chi connectivity index (χ3n) is 2.24. The van der Waals surface area contributed by atoms with E-state index in [4.69, 9.17) is 12.2 Å². The molecule has 1 aromatic rings. The predicted molar refractivity (Wildman–Crippen MR) is 75.0 cm³/mol. The molecule has 0 atom stereocenters. The third kappa shape index (κ3) is 2.59. The van der Waals surface area contributed by atoms with Crippen molar-refractivity contribution in [3.05, 3.63) is 39.0 Å². The highest BCUT2D eigenvalue weighted by Gasteiger charge is 2.28. The Morgan fingerprint density at radius 2 is 2.24 bits per heavy atom. The van der Waals surface area contributed by atoms with E-state index in [0.717, 1.165) is 0 Å². The van der Waals surface area contributed by atoms with E-state index in [0.29, 0.717) is 19.3 Å². The Bertz CT molecular complexity index is 544. The number of thiocarbonyl (C=S) groups is 1. The molecule has 2 rings (SSSR count). The lowest BCUT2D eigenvalue weighted by molar-refractivity contribution is -0.121. The molecule has 88 valence electrons. The minimum atomic E-state index is -0.374. The van der Waals surface area contributed by atoms with Gasteiger partial charge in [0.15, 0.2) is 0 Å². The number of carbonyl (C=O) groups is 1. The molecule has 0 aliphatic carbocycles. The summed E-state index contributed by atoms with van der Waals surface area (Å²) in [6.07, 6.45) is 1.52. The molecule has 1 aromatic carbocycles. The molecule has 1 heterocycles. The minimum absolute atomic E-state index is 0.192. The number of halogens is 2. The van der Waals surface area contributed by atoms with Crippen LogP contribution in [0.5, 0.6) is 0 Å². The largest absolute Gasteiger partial charge is 0.296 e. The van der Waals surface area contributed by atoms with Gasteiger partial charge in [0.2, 0.25) is 0 Å². The second-order valence-electron chi connectivity index (χ2n) is 3.41. The van der Waals surface area contributed by atoms with Gasteiger partial charge >= 0.3 is 0 Å². The Morgan fingerprint density at radius 3 is 2.76 bits per heavy atom. The average molecular weight is 332 g/mol. The molecule has 0 N–H and O–H groups in total. The van der Waals surface area contributed by atoms with Gasteiger partial charge < -0.3 is 0 Å². The number of thioether (sulfide) groups is 1. The van der Waals surface area contributed by atoms with Gasteiger partial charge in [-0.05, 0) is 18.2 Å². The van der Waals surface area contributed by atoms with Crippen molar-refractivity contribution in [2.75, 3.05) is 7.05 Å². The van der Waals surface area contributed by atoms with Gasteiger partial charge in [-0.1, -0.05) is 46.0 Å². The van der Waals surface area contributed by atoms with E-state index in [-0.39, 0.29) is 11.7 Å². The molecule has 0 saturated carbocycles. The molecule has 6 heteroatoms. The Labute approximate surface area is 116 Å². The summed E-state index contributed by atoms with van der Waals surface area (Å²) in [6.45, 7) is 0. The monoisotopic (exact) mass is 331 g/mol. The van der Waals surface area contributed by atoms with Crippen molar-refractivity contribution in [2.45, 2.75) is 0 Å². The van der Waals surface area contributed by atoms with Crippen LogP contribution in [0.2, 0.25) is 0 Å². The van der Waals surface area contributed by atoms with Crippen molar-refractivity contribution in [2.24, 2.45) is 0 Å². The lowest BCUT2D eigenvalue weighted by Gasteiger charge is -2.03. The lowest BCUT2D eigenvalue weighted by Crippen LogP contribution is -2.22. The van der Waals surface area contributed by atoms with Crippen molar-refractivity contribution in [3.8, 4) is 0 Å². The molecule has 1 saturated heterocycles. The van der Waals surface area contributed by atoms with E-state index in [1.165, 1.54) is 28.8 Å². The molecule has 17 heavy (non-hydrogen) atoms. The van der Waals surface area contributed by atoms with Crippen LogP contribution in [0.4, 0.5) is 4.39 Å². The molecule has 1 aliphatic heterocycles. The van der Waals surface area contributed by atoms with E-state index in [9.17, 15) is 9.18 Å². The van der Waals surface area contributed by atoms with Crippen LogP contribution in [-0.4, -0.2) is 22.2 Å². The third-order valence-corrected chi connectivity index (χ3v) is 4.21. The van der Waals surface area contributed by atoms with Crippen LogP contribution in [0.25, 0.3) is 6.08 Å². The molecule has 0 aromatic heterocycles. The van der Waals surface area contributed by atoms with Crippen LogP contribution >= 0.6 is 39.9 Å². The number of benzene rings is 1. The van der Waals surface area contributed by atoms with Gasteiger partial charge in [0.1, 0.15) is 10.1 Å². The Kier molecular flexibility index (Phi) is 3.65. The molecule has 0 bridgehead atoms. The van der Waals surface area contributed by atoms with Gasteiger partial charge in [-0.3, -0.25) is 9.69 Å². The summed E-state index contributed by atoms with van der Waals surface area (Å²) in [6, 6.07) is 4.70. The first kappa shape index (κ1) is 12.7. The van der Waals surface area contributed by atoms with Crippen molar-refractivity contribution >= 4 is 56.2 Å². The van der Waals surface area contributed by atoms with Gasteiger partial charge in [-0.15, -0.1) is 0 Å². The fourth-order valence-electron chi connectivity index (χ4n) is 1.31. The maximum atomic E-state index is 13.6. The molecule has 1 fully saturated rings. The molecular formula is C11H7BrFNOS2. The van der Waals surface area contributed by atoms with E-state index in [1.807, 2.05) is 0 Å². The number of rotatable bonds is 1. The number of carbonyl (C=O) groups excluding carboxylic acids is 1. The Hall–Kier alpha value is -0.720. The van der Waals surface area contributed by atoms with Gasteiger partial charge in [0, 0.05) is 17.1 Å². The predicted octanol–water partition coefficient (Wildman–Crippen LogP) is 3.42. The SMILES string of the molecule is CN1C(=O)/C(=C\c2ccc(Br)cc2F)SC1=S. The number of amides is 1. The highest BCUT2D eigenvalue weighted by Crippen LogP contribution is 2.32. The molecular weight excluding hydrogens is 325 g/mol.